The highest BCUT2D eigenvalue weighted by Crippen LogP contribution is 2.58. The highest BCUT2D eigenvalue weighted by Gasteiger charge is 2.59. The van der Waals surface area contributed by atoms with Crippen LogP contribution in [0, 0.1) is 5.41 Å². The molecule has 2 rings (SSSR count). The summed E-state index contributed by atoms with van der Waals surface area (Å²) in [6, 6.07) is 0.389. The maximum atomic E-state index is 5.88. The van der Waals surface area contributed by atoms with Gasteiger partial charge >= 0.3 is 0 Å². The summed E-state index contributed by atoms with van der Waals surface area (Å²) in [5, 5.41) is 0. The molecule has 2 aliphatic carbocycles. The molecule has 4 nitrogen and oxygen atoms in total. The number of hydrogen-bond acceptors (Lipinski definition) is 2. The lowest BCUT2D eigenvalue weighted by Crippen LogP contribution is -2.61. The first-order chi connectivity index (χ1) is 7.60. The van der Waals surface area contributed by atoms with Crippen molar-refractivity contribution in [3.8, 4) is 0 Å². The summed E-state index contributed by atoms with van der Waals surface area (Å²) in [7, 11) is 3.87. The molecule has 0 amide bonds. The largest absolute Gasteiger partial charge is 0.378 e. The average Bonchev–Trinajstić information content (AvgIpc) is 2.12. The first kappa shape index (κ1) is 11.7. The second-order valence-electron chi connectivity index (χ2n) is 5.16. The van der Waals surface area contributed by atoms with E-state index in [1.165, 1.54) is 19.3 Å². The molecular formula is C12H23N3O. The van der Waals surface area contributed by atoms with Crippen molar-refractivity contribution in [3.05, 3.63) is 0 Å². The lowest BCUT2D eigenvalue weighted by molar-refractivity contribution is -0.162. The monoisotopic (exact) mass is 225 g/mol. The van der Waals surface area contributed by atoms with E-state index in [0.717, 1.165) is 13.0 Å². The van der Waals surface area contributed by atoms with Gasteiger partial charge in [-0.3, -0.25) is 0 Å². The number of nitrogens with zero attached hydrogens (tertiary/aromatic N) is 2. The minimum Gasteiger partial charge on any atom is -0.378 e. The van der Waals surface area contributed by atoms with Crippen LogP contribution in [0.15, 0.2) is 4.99 Å². The fraction of sp³-hybridized carbons (Fsp3) is 0.917. The molecule has 16 heavy (non-hydrogen) atoms. The third-order valence-corrected chi connectivity index (χ3v) is 4.14. The Morgan fingerprint density at radius 2 is 2.19 bits per heavy atom. The summed E-state index contributed by atoms with van der Waals surface area (Å²) in [5.74, 6) is 0.645. The average molecular weight is 225 g/mol. The SMILES string of the molecule is CCOC1CC(N=C(N)N(C)C)C12CCC2. The lowest BCUT2D eigenvalue weighted by Gasteiger charge is -2.59. The molecule has 0 aromatic carbocycles. The van der Waals surface area contributed by atoms with Crippen molar-refractivity contribution in [2.45, 2.75) is 44.8 Å². The van der Waals surface area contributed by atoms with Crippen LogP contribution in [0.4, 0.5) is 0 Å². The lowest BCUT2D eigenvalue weighted by atomic mass is 9.51. The number of nitrogens with two attached hydrogens (primary N) is 1. The Kier molecular flexibility index (Phi) is 3.10. The van der Waals surface area contributed by atoms with Crippen LogP contribution in [0.3, 0.4) is 0 Å². The first-order valence-corrected chi connectivity index (χ1v) is 6.22. The minimum atomic E-state index is 0.330. The molecular weight excluding hydrogens is 202 g/mol. The molecule has 2 unspecified atom stereocenters. The fourth-order valence-corrected chi connectivity index (χ4v) is 2.86. The Labute approximate surface area is 97.9 Å². The standard InChI is InChI=1S/C12H23N3O/c1-4-16-10-8-9(12(10)6-5-7-12)14-11(13)15(2)3/h9-10H,4-8H2,1-3H3,(H2,13,14). The smallest absolute Gasteiger partial charge is 0.191 e. The highest BCUT2D eigenvalue weighted by atomic mass is 16.5. The number of hydrogen-bond donors (Lipinski definition) is 1. The van der Waals surface area contributed by atoms with Gasteiger partial charge < -0.3 is 15.4 Å². The molecule has 4 heteroatoms. The van der Waals surface area contributed by atoms with Crippen LogP contribution in [-0.2, 0) is 4.74 Å². The van der Waals surface area contributed by atoms with Gasteiger partial charge in [0, 0.05) is 26.1 Å². The van der Waals surface area contributed by atoms with Gasteiger partial charge in [0.15, 0.2) is 5.96 Å². The number of rotatable bonds is 3. The van der Waals surface area contributed by atoms with Gasteiger partial charge in [0.1, 0.15) is 0 Å². The fourth-order valence-electron chi connectivity index (χ4n) is 2.86. The highest BCUT2D eigenvalue weighted by molar-refractivity contribution is 5.77. The van der Waals surface area contributed by atoms with Crippen LogP contribution in [0.1, 0.15) is 32.6 Å². The van der Waals surface area contributed by atoms with Crippen molar-refractivity contribution in [2.75, 3.05) is 20.7 Å². The summed E-state index contributed by atoms with van der Waals surface area (Å²) < 4.78 is 5.78. The third kappa shape index (κ3) is 1.69. The zero-order chi connectivity index (χ0) is 11.8. The molecule has 2 aliphatic rings. The molecule has 0 aliphatic heterocycles. The van der Waals surface area contributed by atoms with Crippen molar-refractivity contribution in [1.29, 1.82) is 0 Å². The van der Waals surface area contributed by atoms with E-state index in [9.17, 15) is 0 Å². The number of ether oxygens (including phenoxy) is 1. The van der Waals surface area contributed by atoms with Crippen LogP contribution in [0.2, 0.25) is 0 Å². The Balaban J connectivity index is 2.01. The van der Waals surface area contributed by atoms with Crippen LogP contribution in [0.25, 0.3) is 0 Å². The Hall–Kier alpha value is -0.770. The molecule has 2 saturated carbocycles. The quantitative estimate of drug-likeness (QED) is 0.580. The summed E-state index contributed by atoms with van der Waals surface area (Å²) in [5.41, 5.74) is 6.21. The summed E-state index contributed by atoms with van der Waals surface area (Å²) in [4.78, 5) is 6.51. The van der Waals surface area contributed by atoms with E-state index in [-0.39, 0.29) is 0 Å². The topological polar surface area (TPSA) is 50.9 Å². The van der Waals surface area contributed by atoms with Gasteiger partial charge in [-0.25, -0.2) is 4.99 Å². The molecule has 0 aromatic heterocycles. The maximum absolute atomic E-state index is 5.88. The van der Waals surface area contributed by atoms with E-state index in [1.54, 1.807) is 0 Å². The van der Waals surface area contributed by atoms with Crippen molar-refractivity contribution < 1.29 is 4.74 Å². The molecule has 1 spiro atoms. The van der Waals surface area contributed by atoms with Crippen LogP contribution >= 0.6 is 0 Å². The van der Waals surface area contributed by atoms with E-state index in [2.05, 4.69) is 11.9 Å². The molecule has 2 atom stereocenters. The normalized spacial score (nSPS) is 32.1. The van der Waals surface area contributed by atoms with Gasteiger partial charge in [0.25, 0.3) is 0 Å². The summed E-state index contributed by atoms with van der Waals surface area (Å²) >= 11 is 0. The Bertz CT molecular complexity index is 284. The maximum Gasteiger partial charge on any atom is 0.191 e. The van der Waals surface area contributed by atoms with E-state index < -0.39 is 0 Å². The molecule has 92 valence electrons. The minimum absolute atomic E-state index is 0.330. The van der Waals surface area contributed by atoms with E-state index in [0.29, 0.717) is 23.5 Å². The van der Waals surface area contributed by atoms with Crippen LogP contribution in [-0.4, -0.2) is 43.7 Å². The molecule has 0 aromatic rings. The van der Waals surface area contributed by atoms with Gasteiger partial charge in [-0.1, -0.05) is 6.42 Å². The van der Waals surface area contributed by atoms with Crippen molar-refractivity contribution >= 4 is 5.96 Å². The Morgan fingerprint density at radius 3 is 2.62 bits per heavy atom. The van der Waals surface area contributed by atoms with Gasteiger partial charge in [-0.05, 0) is 26.2 Å². The molecule has 2 fully saturated rings. The zero-order valence-electron chi connectivity index (χ0n) is 10.6. The van der Waals surface area contributed by atoms with Gasteiger partial charge in [0.05, 0.1) is 12.1 Å². The third-order valence-electron chi connectivity index (χ3n) is 4.14. The molecule has 2 N–H and O–H groups in total. The first-order valence-electron chi connectivity index (χ1n) is 6.22. The van der Waals surface area contributed by atoms with Crippen molar-refractivity contribution in [3.63, 3.8) is 0 Å². The van der Waals surface area contributed by atoms with Gasteiger partial charge in [-0.2, -0.15) is 0 Å². The molecule has 0 bridgehead atoms. The predicted octanol–water partition coefficient (Wildman–Crippen LogP) is 1.21. The van der Waals surface area contributed by atoms with Gasteiger partial charge in [0.2, 0.25) is 0 Å². The summed E-state index contributed by atoms with van der Waals surface area (Å²) in [6.07, 6.45) is 5.30. The van der Waals surface area contributed by atoms with E-state index in [4.69, 9.17) is 10.5 Å². The molecule has 0 saturated heterocycles. The number of aliphatic imine (C=N–C) groups is 1. The summed E-state index contributed by atoms with van der Waals surface area (Å²) in [6.45, 7) is 2.88. The van der Waals surface area contributed by atoms with Gasteiger partial charge in [-0.15, -0.1) is 0 Å². The molecule has 0 radical (unpaired) electrons. The second-order valence-corrected chi connectivity index (χ2v) is 5.16. The van der Waals surface area contributed by atoms with Crippen molar-refractivity contribution in [1.82, 2.24) is 4.90 Å². The van der Waals surface area contributed by atoms with Crippen molar-refractivity contribution in [2.24, 2.45) is 16.1 Å². The van der Waals surface area contributed by atoms with E-state index in [1.807, 2.05) is 19.0 Å². The second kappa shape index (κ2) is 4.24. The van der Waals surface area contributed by atoms with E-state index >= 15 is 0 Å². The zero-order valence-corrected chi connectivity index (χ0v) is 10.6. The predicted molar refractivity (Wildman–Crippen MR) is 65.4 cm³/mol. The number of guanidine groups is 1. The Morgan fingerprint density at radius 1 is 1.50 bits per heavy atom. The van der Waals surface area contributed by atoms with Crippen LogP contribution in [0.5, 0.6) is 0 Å². The van der Waals surface area contributed by atoms with Crippen LogP contribution < -0.4 is 5.73 Å². The molecule has 0 heterocycles.